The van der Waals surface area contributed by atoms with Gasteiger partial charge in [-0.3, -0.25) is 4.79 Å². The molecule has 3 nitrogen and oxygen atoms in total. The topological polar surface area (TPSA) is 52.3 Å². The van der Waals surface area contributed by atoms with Crippen molar-refractivity contribution in [3.8, 4) is 0 Å². The number of ether oxygens (including phenoxy) is 1. The number of nitrogens with two attached hydrogens (primary N) is 1. The van der Waals surface area contributed by atoms with Gasteiger partial charge in [0.05, 0.1) is 6.42 Å². The van der Waals surface area contributed by atoms with Crippen molar-refractivity contribution in [2.45, 2.75) is 45.6 Å². The van der Waals surface area contributed by atoms with Crippen LogP contribution in [0.15, 0.2) is 0 Å². The summed E-state index contributed by atoms with van der Waals surface area (Å²) in [4.78, 5) is 11.4. The van der Waals surface area contributed by atoms with E-state index in [9.17, 15) is 4.79 Å². The van der Waals surface area contributed by atoms with Gasteiger partial charge in [-0.2, -0.15) is 0 Å². The van der Waals surface area contributed by atoms with Crippen LogP contribution in [0.4, 0.5) is 0 Å². The Balaban J connectivity index is 2.34. The molecule has 0 aliphatic heterocycles. The van der Waals surface area contributed by atoms with Gasteiger partial charge in [0.1, 0.15) is 5.60 Å². The molecule has 1 fully saturated rings. The molecule has 1 rings (SSSR count). The number of hydrogen-bond donors (Lipinski definition) is 1. The summed E-state index contributed by atoms with van der Waals surface area (Å²) in [5, 5.41) is 0. The molecule has 1 aliphatic rings. The van der Waals surface area contributed by atoms with Crippen molar-refractivity contribution >= 4 is 5.97 Å². The van der Waals surface area contributed by atoms with E-state index < -0.39 is 0 Å². The fraction of sp³-hybridized carbons (Fsp3) is 0.900. The zero-order valence-corrected chi connectivity index (χ0v) is 8.72. The third-order valence-electron chi connectivity index (χ3n) is 2.33. The lowest BCUT2D eigenvalue weighted by Crippen LogP contribution is -2.27. The van der Waals surface area contributed by atoms with Crippen molar-refractivity contribution in [3.05, 3.63) is 0 Å². The van der Waals surface area contributed by atoms with E-state index in [-0.39, 0.29) is 17.0 Å². The normalized spacial score (nSPS) is 19.7. The molecule has 0 atom stereocenters. The van der Waals surface area contributed by atoms with Crippen LogP contribution in [0.2, 0.25) is 0 Å². The first-order valence-corrected chi connectivity index (χ1v) is 4.79. The molecule has 0 amide bonds. The lowest BCUT2D eigenvalue weighted by molar-refractivity contribution is -0.156. The van der Waals surface area contributed by atoms with Gasteiger partial charge in [0.15, 0.2) is 0 Å². The summed E-state index contributed by atoms with van der Waals surface area (Å²) < 4.78 is 5.22. The Morgan fingerprint density at radius 2 is 2.00 bits per heavy atom. The van der Waals surface area contributed by atoms with E-state index in [1.54, 1.807) is 0 Å². The van der Waals surface area contributed by atoms with Crippen LogP contribution in [0.3, 0.4) is 0 Å². The Labute approximate surface area is 79.6 Å². The minimum atomic E-state index is -0.373. The first-order valence-electron chi connectivity index (χ1n) is 4.79. The average molecular weight is 185 g/mol. The molecule has 13 heavy (non-hydrogen) atoms. The summed E-state index contributed by atoms with van der Waals surface area (Å²) in [6.45, 7) is 6.25. The van der Waals surface area contributed by atoms with E-state index in [0.29, 0.717) is 13.0 Å². The van der Waals surface area contributed by atoms with Crippen molar-refractivity contribution in [1.29, 1.82) is 0 Å². The molecule has 76 valence electrons. The second-order valence-electron chi connectivity index (χ2n) is 4.97. The zero-order chi connectivity index (χ0) is 10.1. The smallest absolute Gasteiger partial charge is 0.306 e. The second kappa shape index (κ2) is 3.29. The maximum Gasteiger partial charge on any atom is 0.306 e. The minimum Gasteiger partial charge on any atom is -0.460 e. The number of esters is 1. The molecule has 0 aromatic rings. The van der Waals surface area contributed by atoms with Gasteiger partial charge in [-0.15, -0.1) is 0 Å². The maximum absolute atomic E-state index is 11.4. The fourth-order valence-electron chi connectivity index (χ4n) is 1.31. The van der Waals surface area contributed by atoms with E-state index >= 15 is 0 Å². The van der Waals surface area contributed by atoms with Gasteiger partial charge < -0.3 is 10.5 Å². The molecule has 0 aromatic carbocycles. The van der Waals surface area contributed by atoms with Crippen LogP contribution in [0.25, 0.3) is 0 Å². The lowest BCUT2D eigenvalue weighted by Gasteiger charge is -2.21. The minimum absolute atomic E-state index is 0.0856. The van der Waals surface area contributed by atoms with Gasteiger partial charge in [-0.25, -0.2) is 0 Å². The second-order valence-corrected chi connectivity index (χ2v) is 4.97. The summed E-state index contributed by atoms with van der Waals surface area (Å²) >= 11 is 0. The molecule has 1 aliphatic carbocycles. The lowest BCUT2D eigenvalue weighted by atomic mass is 10.0. The van der Waals surface area contributed by atoms with Crippen LogP contribution >= 0.6 is 0 Å². The molecule has 0 saturated heterocycles. The van der Waals surface area contributed by atoms with Crippen LogP contribution in [-0.4, -0.2) is 18.1 Å². The predicted octanol–water partition coefficient (Wildman–Crippen LogP) is 1.46. The molecule has 0 unspecified atom stereocenters. The number of hydrogen-bond acceptors (Lipinski definition) is 3. The van der Waals surface area contributed by atoms with E-state index in [2.05, 4.69) is 0 Å². The van der Waals surface area contributed by atoms with Crippen molar-refractivity contribution in [1.82, 2.24) is 0 Å². The maximum atomic E-state index is 11.4. The molecular formula is C10H19NO2. The average Bonchev–Trinajstić information content (AvgIpc) is 2.65. The van der Waals surface area contributed by atoms with Gasteiger partial charge in [0.2, 0.25) is 0 Å². The monoisotopic (exact) mass is 185 g/mol. The van der Waals surface area contributed by atoms with Crippen LogP contribution < -0.4 is 5.73 Å². The van der Waals surface area contributed by atoms with Crippen molar-refractivity contribution in [3.63, 3.8) is 0 Å². The highest BCUT2D eigenvalue weighted by atomic mass is 16.6. The van der Waals surface area contributed by atoms with Crippen molar-refractivity contribution in [2.24, 2.45) is 11.1 Å². The fourth-order valence-corrected chi connectivity index (χ4v) is 1.31. The van der Waals surface area contributed by atoms with Crippen LogP contribution in [0.1, 0.15) is 40.0 Å². The summed E-state index contributed by atoms with van der Waals surface area (Å²) in [7, 11) is 0. The summed E-state index contributed by atoms with van der Waals surface area (Å²) in [6, 6.07) is 0. The molecule has 0 radical (unpaired) electrons. The third-order valence-corrected chi connectivity index (χ3v) is 2.33. The quantitative estimate of drug-likeness (QED) is 0.677. The Bertz CT molecular complexity index is 201. The van der Waals surface area contributed by atoms with E-state index in [4.69, 9.17) is 10.5 Å². The number of carbonyl (C=O) groups is 1. The molecule has 1 saturated carbocycles. The van der Waals surface area contributed by atoms with Crippen LogP contribution in [-0.2, 0) is 9.53 Å². The van der Waals surface area contributed by atoms with Gasteiger partial charge in [0, 0.05) is 0 Å². The first kappa shape index (κ1) is 10.5. The van der Waals surface area contributed by atoms with E-state index in [0.717, 1.165) is 12.8 Å². The third kappa shape index (κ3) is 3.35. The summed E-state index contributed by atoms with van der Waals surface area (Å²) in [6.07, 6.45) is 2.63. The summed E-state index contributed by atoms with van der Waals surface area (Å²) in [5.41, 5.74) is 5.29. The highest BCUT2D eigenvalue weighted by Crippen LogP contribution is 2.48. The van der Waals surface area contributed by atoms with Gasteiger partial charge in [-0.05, 0) is 45.6 Å². The molecule has 0 heterocycles. The molecule has 0 bridgehead atoms. The Hall–Kier alpha value is -0.570. The number of rotatable bonds is 3. The van der Waals surface area contributed by atoms with Gasteiger partial charge >= 0.3 is 5.97 Å². The van der Waals surface area contributed by atoms with E-state index in [1.165, 1.54) is 0 Å². The highest BCUT2D eigenvalue weighted by molar-refractivity contribution is 5.71. The standard InChI is InChI=1S/C10H19NO2/c1-9(2,3)13-8(12)6-10(7-11)4-5-10/h4-7,11H2,1-3H3. The van der Waals surface area contributed by atoms with Gasteiger partial charge in [0.25, 0.3) is 0 Å². The molecule has 3 heteroatoms. The van der Waals surface area contributed by atoms with Crippen molar-refractivity contribution < 1.29 is 9.53 Å². The molecule has 2 N–H and O–H groups in total. The first-order chi connectivity index (χ1) is 5.87. The largest absolute Gasteiger partial charge is 0.460 e. The predicted molar refractivity (Wildman–Crippen MR) is 51.2 cm³/mol. The molecular weight excluding hydrogens is 166 g/mol. The zero-order valence-electron chi connectivity index (χ0n) is 8.72. The molecule has 0 spiro atoms. The summed E-state index contributed by atoms with van der Waals surface area (Å²) in [5.74, 6) is -0.115. The Kier molecular flexibility index (Phi) is 2.66. The van der Waals surface area contributed by atoms with Gasteiger partial charge in [-0.1, -0.05) is 0 Å². The number of carbonyl (C=O) groups excluding carboxylic acids is 1. The highest BCUT2D eigenvalue weighted by Gasteiger charge is 2.43. The Morgan fingerprint density at radius 1 is 1.46 bits per heavy atom. The van der Waals surface area contributed by atoms with E-state index in [1.807, 2.05) is 20.8 Å². The van der Waals surface area contributed by atoms with Crippen LogP contribution in [0.5, 0.6) is 0 Å². The van der Waals surface area contributed by atoms with Crippen LogP contribution in [0, 0.1) is 5.41 Å². The molecule has 0 aromatic heterocycles. The SMILES string of the molecule is CC(C)(C)OC(=O)CC1(CN)CC1. The van der Waals surface area contributed by atoms with Crippen molar-refractivity contribution in [2.75, 3.05) is 6.54 Å². The Morgan fingerprint density at radius 3 is 2.31 bits per heavy atom.